The van der Waals surface area contributed by atoms with E-state index >= 15 is 0 Å². The molecule has 0 unspecified atom stereocenters. The number of aromatic nitrogens is 2. The van der Waals surface area contributed by atoms with Gasteiger partial charge < -0.3 is 14.5 Å². The number of carbonyl (C=O) groups is 2. The maximum atomic E-state index is 11.5. The van der Waals surface area contributed by atoms with Gasteiger partial charge in [-0.15, -0.1) is 0 Å². The van der Waals surface area contributed by atoms with E-state index in [4.69, 9.17) is 0 Å². The fraction of sp³-hybridized carbons (Fsp3) is 0.583. The summed E-state index contributed by atoms with van der Waals surface area (Å²) in [5.41, 5.74) is 0.0340. The Balaban J connectivity index is 2.92. The summed E-state index contributed by atoms with van der Waals surface area (Å²) in [4.78, 5) is 29.9. The van der Waals surface area contributed by atoms with Gasteiger partial charge in [-0.05, 0) is 6.42 Å². The molecule has 18 heavy (non-hydrogen) atoms. The van der Waals surface area contributed by atoms with Crippen LogP contribution >= 0.6 is 0 Å². The molecule has 0 spiro atoms. The molecule has 0 aliphatic carbocycles. The van der Waals surface area contributed by atoms with Crippen molar-refractivity contribution in [1.29, 1.82) is 0 Å². The van der Waals surface area contributed by atoms with Crippen molar-refractivity contribution in [2.45, 2.75) is 32.6 Å². The van der Waals surface area contributed by atoms with Gasteiger partial charge >= 0.3 is 11.9 Å². The highest BCUT2D eigenvalue weighted by molar-refractivity contribution is 6.00. The van der Waals surface area contributed by atoms with Crippen LogP contribution in [0.1, 0.15) is 53.0 Å². The van der Waals surface area contributed by atoms with Crippen molar-refractivity contribution in [2.75, 3.05) is 14.2 Å². The number of esters is 2. The largest absolute Gasteiger partial charge is 0.464 e. The van der Waals surface area contributed by atoms with Crippen LogP contribution in [0.15, 0.2) is 0 Å². The first-order valence-electron chi connectivity index (χ1n) is 5.89. The first-order valence-corrected chi connectivity index (χ1v) is 5.89. The van der Waals surface area contributed by atoms with Crippen molar-refractivity contribution in [3.63, 3.8) is 0 Å². The second-order valence-corrected chi connectivity index (χ2v) is 3.85. The van der Waals surface area contributed by atoms with Crippen molar-refractivity contribution in [3.8, 4) is 0 Å². The number of ether oxygens (including phenoxy) is 2. The summed E-state index contributed by atoms with van der Waals surface area (Å²) < 4.78 is 9.17. The minimum absolute atomic E-state index is 0.0177. The second-order valence-electron chi connectivity index (χ2n) is 3.85. The molecule has 0 fully saturated rings. The topological polar surface area (TPSA) is 81.3 Å². The Hall–Kier alpha value is -1.85. The Bertz CT molecular complexity index is 392. The van der Waals surface area contributed by atoms with E-state index < -0.39 is 11.9 Å². The number of hydrogen-bond acceptors (Lipinski definition) is 5. The zero-order valence-corrected chi connectivity index (χ0v) is 10.9. The lowest BCUT2D eigenvalue weighted by atomic mass is 10.2. The van der Waals surface area contributed by atoms with Crippen LogP contribution in [-0.2, 0) is 15.9 Å². The number of methoxy groups -OCH3 is 2. The molecule has 0 aromatic carbocycles. The maximum absolute atomic E-state index is 11.5. The summed E-state index contributed by atoms with van der Waals surface area (Å²) in [5.74, 6) is -0.665. The van der Waals surface area contributed by atoms with Gasteiger partial charge in [0, 0.05) is 6.42 Å². The predicted molar refractivity (Wildman–Crippen MR) is 64.5 cm³/mol. The zero-order chi connectivity index (χ0) is 13.5. The molecule has 0 radical (unpaired) electrons. The van der Waals surface area contributed by atoms with Gasteiger partial charge in [0.15, 0.2) is 11.4 Å². The Labute approximate surface area is 106 Å². The molecule has 100 valence electrons. The second kappa shape index (κ2) is 6.78. The summed E-state index contributed by atoms with van der Waals surface area (Å²) in [7, 11) is 2.50. The normalized spacial score (nSPS) is 10.2. The van der Waals surface area contributed by atoms with Crippen molar-refractivity contribution >= 4 is 11.9 Å². The van der Waals surface area contributed by atoms with Gasteiger partial charge in [0.25, 0.3) is 0 Å². The lowest BCUT2D eigenvalue weighted by Crippen LogP contribution is -2.11. The van der Waals surface area contributed by atoms with E-state index in [1.165, 1.54) is 14.2 Å². The number of aromatic amines is 1. The fourth-order valence-electron chi connectivity index (χ4n) is 1.58. The van der Waals surface area contributed by atoms with E-state index in [0.717, 1.165) is 19.3 Å². The van der Waals surface area contributed by atoms with Gasteiger partial charge in [0.1, 0.15) is 5.82 Å². The molecule has 1 N–H and O–H groups in total. The van der Waals surface area contributed by atoms with Gasteiger partial charge in [-0.1, -0.05) is 19.8 Å². The third-order valence-corrected chi connectivity index (χ3v) is 2.54. The summed E-state index contributed by atoms with van der Waals surface area (Å²) in [6, 6.07) is 0. The van der Waals surface area contributed by atoms with Crippen molar-refractivity contribution in [3.05, 3.63) is 17.2 Å². The van der Waals surface area contributed by atoms with Crippen LogP contribution in [-0.4, -0.2) is 36.1 Å². The van der Waals surface area contributed by atoms with Crippen molar-refractivity contribution in [1.82, 2.24) is 9.97 Å². The molecule has 0 aliphatic heterocycles. The fourth-order valence-corrected chi connectivity index (χ4v) is 1.58. The van der Waals surface area contributed by atoms with Crippen LogP contribution in [0.25, 0.3) is 0 Å². The van der Waals surface area contributed by atoms with E-state index in [-0.39, 0.29) is 11.4 Å². The smallest absolute Gasteiger partial charge is 0.359 e. The number of rotatable bonds is 6. The van der Waals surface area contributed by atoms with Gasteiger partial charge in [0.2, 0.25) is 0 Å². The van der Waals surface area contributed by atoms with E-state index in [1.54, 1.807) is 0 Å². The third-order valence-electron chi connectivity index (χ3n) is 2.54. The highest BCUT2D eigenvalue weighted by Gasteiger charge is 2.23. The molecule has 0 atom stereocenters. The SMILES string of the molecule is CCCCCc1nc(C(=O)OC)c(C(=O)OC)[nH]1. The number of imidazole rings is 1. The van der Waals surface area contributed by atoms with Gasteiger partial charge in [-0.3, -0.25) is 0 Å². The molecule has 6 nitrogen and oxygen atoms in total. The average Bonchev–Trinajstić information content (AvgIpc) is 2.81. The minimum atomic E-state index is -0.645. The molecular weight excluding hydrogens is 236 g/mol. The maximum Gasteiger partial charge on any atom is 0.359 e. The summed E-state index contributed by atoms with van der Waals surface area (Å²) in [6.07, 6.45) is 3.80. The number of unbranched alkanes of at least 4 members (excludes halogenated alkanes) is 2. The molecule has 1 rings (SSSR count). The summed E-state index contributed by atoms with van der Waals surface area (Å²) in [5, 5.41) is 0. The van der Waals surface area contributed by atoms with Crippen LogP contribution in [0.5, 0.6) is 0 Å². The zero-order valence-electron chi connectivity index (χ0n) is 10.9. The van der Waals surface area contributed by atoms with E-state index in [9.17, 15) is 9.59 Å². The standard InChI is InChI=1S/C12H18N2O4/c1-4-5-6-7-8-13-9(11(15)17-2)10(14-8)12(16)18-3/h4-7H2,1-3H3,(H,13,14). The number of hydrogen-bond donors (Lipinski definition) is 1. The lowest BCUT2D eigenvalue weighted by molar-refractivity contribution is 0.0548. The number of nitrogens with zero attached hydrogens (tertiary/aromatic N) is 1. The molecule has 1 heterocycles. The molecule has 0 amide bonds. The highest BCUT2D eigenvalue weighted by Crippen LogP contribution is 2.11. The average molecular weight is 254 g/mol. The molecule has 1 aromatic heterocycles. The van der Waals surface area contributed by atoms with Gasteiger partial charge in [-0.25, -0.2) is 14.6 Å². The Morgan fingerprint density at radius 3 is 2.39 bits per heavy atom. The Kier molecular flexibility index (Phi) is 5.35. The number of nitrogens with one attached hydrogen (secondary N) is 1. The third kappa shape index (κ3) is 3.32. The van der Waals surface area contributed by atoms with E-state index in [2.05, 4.69) is 26.4 Å². The molecule has 6 heteroatoms. The van der Waals surface area contributed by atoms with Crippen LogP contribution in [0, 0.1) is 0 Å². The number of H-pyrrole nitrogens is 1. The van der Waals surface area contributed by atoms with Gasteiger partial charge in [0.05, 0.1) is 14.2 Å². The van der Waals surface area contributed by atoms with Gasteiger partial charge in [-0.2, -0.15) is 0 Å². The van der Waals surface area contributed by atoms with Crippen molar-refractivity contribution in [2.24, 2.45) is 0 Å². The van der Waals surface area contributed by atoms with Crippen LogP contribution in [0.4, 0.5) is 0 Å². The first-order chi connectivity index (χ1) is 8.63. The molecule has 0 aliphatic rings. The molecule has 0 bridgehead atoms. The van der Waals surface area contributed by atoms with Crippen LogP contribution in [0.3, 0.4) is 0 Å². The number of carbonyl (C=O) groups excluding carboxylic acids is 2. The van der Waals surface area contributed by atoms with Crippen LogP contribution in [0.2, 0.25) is 0 Å². The Morgan fingerprint density at radius 2 is 1.83 bits per heavy atom. The monoisotopic (exact) mass is 254 g/mol. The summed E-state index contributed by atoms with van der Waals surface area (Å²) >= 11 is 0. The highest BCUT2D eigenvalue weighted by atomic mass is 16.5. The predicted octanol–water partition coefficient (Wildman–Crippen LogP) is 1.72. The lowest BCUT2D eigenvalue weighted by Gasteiger charge is -1.98. The molecule has 1 aromatic rings. The van der Waals surface area contributed by atoms with E-state index in [0.29, 0.717) is 12.2 Å². The van der Waals surface area contributed by atoms with E-state index in [1.807, 2.05) is 0 Å². The van der Waals surface area contributed by atoms with Crippen molar-refractivity contribution < 1.29 is 19.1 Å². The summed E-state index contributed by atoms with van der Waals surface area (Å²) in [6.45, 7) is 2.10. The van der Waals surface area contributed by atoms with Crippen LogP contribution < -0.4 is 0 Å². The minimum Gasteiger partial charge on any atom is -0.464 e. The quantitative estimate of drug-likeness (QED) is 0.617. The molecular formula is C12H18N2O4. The molecule has 0 saturated heterocycles. The number of aryl methyl sites for hydroxylation is 1. The Morgan fingerprint density at radius 1 is 1.17 bits per heavy atom. The first kappa shape index (κ1) is 14.2. The molecule has 0 saturated carbocycles.